The summed E-state index contributed by atoms with van der Waals surface area (Å²) in [4.78, 5) is 13.7. The van der Waals surface area contributed by atoms with Crippen molar-refractivity contribution in [1.82, 2.24) is 4.31 Å². The second kappa shape index (κ2) is 7.37. The molecule has 7 heteroatoms. The molecule has 1 aliphatic rings. The van der Waals surface area contributed by atoms with E-state index in [2.05, 4.69) is 0 Å². The average Bonchev–Trinajstić information content (AvgIpc) is 3.02. The summed E-state index contributed by atoms with van der Waals surface area (Å²) < 4.78 is 33.5. The van der Waals surface area contributed by atoms with Crippen molar-refractivity contribution in [3.8, 4) is 0 Å². The highest BCUT2D eigenvalue weighted by atomic mass is 32.2. The first kappa shape index (κ1) is 20.0. The molecule has 2 heterocycles. The Morgan fingerprint density at radius 1 is 1.22 bits per heavy atom. The van der Waals surface area contributed by atoms with Crippen LogP contribution < -0.4 is 0 Å². The quantitative estimate of drug-likeness (QED) is 0.717. The van der Waals surface area contributed by atoms with Crippen molar-refractivity contribution < 1.29 is 17.9 Å². The number of thiophene rings is 1. The number of ether oxygens (including phenoxy) is 1. The molecule has 3 rings (SSSR count). The van der Waals surface area contributed by atoms with Crippen molar-refractivity contribution in [1.29, 1.82) is 0 Å². The molecule has 0 bridgehead atoms. The Morgan fingerprint density at radius 3 is 2.52 bits per heavy atom. The van der Waals surface area contributed by atoms with Crippen LogP contribution in [0.2, 0.25) is 0 Å². The fourth-order valence-corrected chi connectivity index (χ4v) is 5.96. The van der Waals surface area contributed by atoms with Crippen LogP contribution in [0.15, 0.2) is 40.6 Å². The van der Waals surface area contributed by atoms with Gasteiger partial charge in [0.05, 0.1) is 17.4 Å². The second-order valence-electron chi connectivity index (χ2n) is 7.80. The van der Waals surface area contributed by atoms with E-state index >= 15 is 0 Å². The van der Waals surface area contributed by atoms with Crippen LogP contribution in [0.25, 0.3) is 0 Å². The lowest BCUT2D eigenvalue weighted by Crippen LogP contribution is -2.41. The average molecular weight is 408 g/mol. The summed E-state index contributed by atoms with van der Waals surface area (Å²) in [5.74, 6) is -0.391. The molecule has 0 N–H and O–H groups in total. The molecule has 5 nitrogen and oxygen atoms in total. The highest BCUT2D eigenvalue weighted by Crippen LogP contribution is 2.39. The zero-order valence-electron chi connectivity index (χ0n) is 16.1. The minimum absolute atomic E-state index is 0.00980. The van der Waals surface area contributed by atoms with Crippen LogP contribution in [0.5, 0.6) is 0 Å². The van der Waals surface area contributed by atoms with Gasteiger partial charge in [0.15, 0.2) is 0 Å². The Balaban J connectivity index is 1.95. The molecule has 0 amide bonds. The summed E-state index contributed by atoms with van der Waals surface area (Å²) in [5.41, 5.74) is 1.51. The molecule has 146 valence electrons. The summed E-state index contributed by atoms with van der Waals surface area (Å²) in [5, 5.41) is 1.95. The molecule has 0 fully saturated rings. The lowest BCUT2D eigenvalue weighted by Gasteiger charge is -2.34. The Morgan fingerprint density at radius 2 is 1.89 bits per heavy atom. The number of hydrogen-bond donors (Lipinski definition) is 0. The Bertz CT molecular complexity index is 924. The van der Waals surface area contributed by atoms with Gasteiger partial charge in [-0.15, -0.1) is 11.3 Å². The van der Waals surface area contributed by atoms with Gasteiger partial charge in [0.25, 0.3) is 0 Å². The third-order valence-corrected chi connectivity index (χ3v) is 7.42. The monoisotopic (exact) mass is 407 g/mol. The Labute approximate surface area is 165 Å². The van der Waals surface area contributed by atoms with Gasteiger partial charge < -0.3 is 4.74 Å². The molecular formula is C20H25NO4S2. The smallest absolute Gasteiger partial charge is 0.308 e. The van der Waals surface area contributed by atoms with Crippen LogP contribution in [0, 0.1) is 6.92 Å². The largest absolute Gasteiger partial charge is 0.460 e. The van der Waals surface area contributed by atoms with E-state index in [1.165, 1.54) is 15.6 Å². The minimum atomic E-state index is -3.71. The van der Waals surface area contributed by atoms with Crippen molar-refractivity contribution in [2.45, 2.75) is 57.1 Å². The summed E-state index contributed by atoms with van der Waals surface area (Å²) >= 11 is 1.50. The minimum Gasteiger partial charge on any atom is -0.460 e. The summed E-state index contributed by atoms with van der Waals surface area (Å²) in [6.45, 7) is 7.70. The molecule has 0 saturated carbocycles. The highest BCUT2D eigenvalue weighted by Gasteiger charge is 2.39. The number of hydrogen-bond acceptors (Lipinski definition) is 5. The molecule has 0 radical (unpaired) electrons. The van der Waals surface area contributed by atoms with Gasteiger partial charge in [0.2, 0.25) is 10.0 Å². The molecule has 1 atom stereocenters. The molecular weight excluding hydrogens is 382 g/mol. The number of carbonyl (C=O) groups is 1. The van der Waals surface area contributed by atoms with E-state index in [0.717, 1.165) is 16.0 Å². The summed E-state index contributed by atoms with van der Waals surface area (Å²) in [7, 11) is -3.71. The third-order valence-electron chi connectivity index (χ3n) is 4.44. The van der Waals surface area contributed by atoms with Crippen LogP contribution >= 0.6 is 11.3 Å². The predicted octanol–water partition coefficient (Wildman–Crippen LogP) is 4.08. The SMILES string of the molecule is Cc1ccc(S(=O)(=O)N2CCc3ccsc3C2CC(=O)OC(C)(C)C)cc1. The number of aryl methyl sites for hydroxylation is 1. The maximum atomic E-state index is 13.3. The topological polar surface area (TPSA) is 63.7 Å². The van der Waals surface area contributed by atoms with E-state index in [-0.39, 0.29) is 11.3 Å². The fraction of sp³-hybridized carbons (Fsp3) is 0.450. The van der Waals surface area contributed by atoms with Gasteiger partial charge in [0, 0.05) is 11.4 Å². The first-order chi connectivity index (χ1) is 12.6. The zero-order valence-corrected chi connectivity index (χ0v) is 17.7. The standard InChI is InChI=1S/C20H25NO4S2/c1-14-5-7-16(8-6-14)27(23,24)21-11-9-15-10-12-26-19(15)17(21)13-18(22)25-20(2,3)4/h5-8,10,12,17H,9,11,13H2,1-4H3. The first-order valence-electron chi connectivity index (χ1n) is 8.94. The van der Waals surface area contributed by atoms with Crippen molar-refractivity contribution in [3.05, 3.63) is 51.7 Å². The zero-order chi connectivity index (χ0) is 19.8. The van der Waals surface area contributed by atoms with Gasteiger partial charge in [0.1, 0.15) is 5.60 Å². The second-order valence-corrected chi connectivity index (χ2v) is 10.6. The maximum Gasteiger partial charge on any atom is 0.308 e. The van der Waals surface area contributed by atoms with E-state index in [0.29, 0.717) is 13.0 Å². The maximum absolute atomic E-state index is 13.3. The van der Waals surface area contributed by atoms with Gasteiger partial charge in [-0.05, 0) is 63.3 Å². The lowest BCUT2D eigenvalue weighted by molar-refractivity contribution is -0.155. The Hall–Kier alpha value is -1.70. The van der Waals surface area contributed by atoms with Gasteiger partial charge in [-0.2, -0.15) is 4.31 Å². The van der Waals surface area contributed by atoms with Crippen molar-refractivity contribution in [3.63, 3.8) is 0 Å². The molecule has 0 aliphatic carbocycles. The lowest BCUT2D eigenvalue weighted by atomic mass is 10.0. The molecule has 1 aromatic carbocycles. The first-order valence-corrected chi connectivity index (χ1v) is 11.3. The predicted molar refractivity (Wildman–Crippen MR) is 106 cm³/mol. The number of fused-ring (bicyclic) bond motifs is 1. The van der Waals surface area contributed by atoms with Gasteiger partial charge >= 0.3 is 5.97 Å². The van der Waals surface area contributed by atoms with Gasteiger partial charge in [-0.3, -0.25) is 4.79 Å². The van der Waals surface area contributed by atoms with Crippen molar-refractivity contribution >= 4 is 27.3 Å². The molecule has 27 heavy (non-hydrogen) atoms. The third kappa shape index (κ3) is 4.42. The van der Waals surface area contributed by atoms with E-state index < -0.39 is 27.6 Å². The number of sulfonamides is 1. The van der Waals surface area contributed by atoms with Crippen LogP contribution in [-0.2, 0) is 26.0 Å². The van der Waals surface area contributed by atoms with E-state index in [9.17, 15) is 13.2 Å². The molecule has 0 saturated heterocycles. The molecule has 1 unspecified atom stereocenters. The van der Waals surface area contributed by atoms with E-state index in [1.54, 1.807) is 24.3 Å². The van der Waals surface area contributed by atoms with Crippen molar-refractivity contribution in [2.75, 3.05) is 6.54 Å². The normalized spacial score (nSPS) is 18.1. The van der Waals surface area contributed by atoms with Crippen LogP contribution in [0.1, 0.15) is 49.2 Å². The fourth-order valence-electron chi connectivity index (χ4n) is 3.23. The number of carbonyl (C=O) groups excluding carboxylic acids is 1. The number of esters is 1. The Kier molecular flexibility index (Phi) is 5.47. The highest BCUT2D eigenvalue weighted by molar-refractivity contribution is 7.89. The van der Waals surface area contributed by atoms with Crippen LogP contribution in [-0.4, -0.2) is 30.8 Å². The molecule has 1 aromatic heterocycles. The van der Waals surface area contributed by atoms with E-state index in [4.69, 9.17) is 4.74 Å². The van der Waals surface area contributed by atoms with Crippen LogP contribution in [0.3, 0.4) is 0 Å². The van der Waals surface area contributed by atoms with Gasteiger partial charge in [-0.25, -0.2) is 8.42 Å². The van der Waals surface area contributed by atoms with Crippen LogP contribution in [0.4, 0.5) is 0 Å². The molecule has 1 aliphatic heterocycles. The van der Waals surface area contributed by atoms with Crippen molar-refractivity contribution in [2.24, 2.45) is 0 Å². The van der Waals surface area contributed by atoms with Gasteiger partial charge in [-0.1, -0.05) is 17.7 Å². The number of benzene rings is 1. The summed E-state index contributed by atoms with van der Waals surface area (Å²) in [6.07, 6.45) is 0.657. The van der Waals surface area contributed by atoms with E-state index in [1.807, 2.05) is 39.1 Å². The number of nitrogens with zero attached hydrogens (tertiary/aromatic N) is 1. The molecule has 2 aromatic rings. The number of rotatable bonds is 4. The molecule has 0 spiro atoms. The summed E-state index contributed by atoms with van der Waals surface area (Å²) in [6, 6.07) is 8.30.